The second kappa shape index (κ2) is 7.80. The Morgan fingerprint density at radius 2 is 2.23 bits per heavy atom. The Bertz CT molecular complexity index is 646. The van der Waals surface area contributed by atoms with Crippen LogP contribution in [0.15, 0.2) is 37.1 Å². The third-order valence-electron chi connectivity index (χ3n) is 3.79. The number of esters is 1. The number of aromatic nitrogens is 1. The summed E-state index contributed by atoms with van der Waals surface area (Å²) in [5, 5.41) is 1.12. The summed E-state index contributed by atoms with van der Waals surface area (Å²) < 4.78 is 5.30. The van der Waals surface area contributed by atoms with E-state index in [1.54, 1.807) is 6.92 Å². The fourth-order valence-electron chi connectivity index (χ4n) is 2.47. The van der Waals surface area contributed by atoms with Gasteiger partial charge in [-0.25, -0.2) is 0 Å². The molecular weight excluding hydrogens is 276 g/mol. The molecule has 1 aromatic heterocycles. The molecular formula is C18H24N2O2. The first-order chi connectivity index (χ1) is 10.7. The average Bonchev–Trinajstić information content (AvgIpc) is 2.93. The van der Waals surface area contributed by atoms with E-state index in [0.717, 1.165) is 37.0 Å². The first-order valence-corrected chi connectivity index (χ1v) is 7.81. The van der Waals surface area contributed by atoms with E-state index in [1.807, 2.05) is 30.5 Å². The molecule has 0 aliphatic carbocycles. The highest BCUT2D eigenvalue weighted by atomic mass is 16.5. The number of carbonyl (C=O) groups excluding carboxylic acids is 1. The molecule has 4 nitrogen and oxygen atoms in total. The summed E-state index contributed by atoms with van der Waals surface area (Å²) in [6.07, 6.45) is 5.30. The molecule has 1 N–H and O–H groups in total. The molecule has 0 aliphatic heterocycles. The van der Waals surface area contributed by atoms with E-state index in [2.05, 4.69) is 23.4 Å². The third-order valence-corrected chi connectivity index (χ3v) is 3.79. The topological polar surface area (TPSA) is 45.3 Å². The molecule has 2 rings (SSSR count). The molecule has 0 aliphatic rings. The normalized spacial score (nSPS) is 11.0. The van der Waals surface area contributed by atoms with Crippen molar-refractivity contribution in [3.05, 3.63) is 42.6 Å². The Morgan fingerprint density at radius 3 is 2.91 bits per heavy atom. The van der Waals surface area contributed by atoms with Gasteiger partial charge in [0.1, 0.15) is 5.75 Å². The van der Waals surface area contributed by atoms with Crippen LogP contribution >= 0.6 is 0 Å². The molecule has 0 fully saturated rings. The van der Waals surface area contributed by atoms with Gasteiger partial charge in [0.05, 0.1) is 0 Å². The minimum absolute atomic E-state index is 0.209. The minimum Gasteiger partial charge on any atom is -0.427 e. The highest BCUT2D eigenvalue weighted by Crippen LogP contribution is 2.24. The third kappa shape index (κ3) is 3.98. The Balaban J connectivity index is 2.14. The summed E-state index contributed by atoms with van der Waals surface area (Å²) in [5.74, 6) is 0.401. The van der Waals surface area contributed by atoms with Crippen LogP contribution in [-0.4, -0.2) is 35.5 Å². The van der Waals surface area contributed by atoms with Gasteiger partial charge in [-0.1, -0.05) is 19.9 Å². The number of aromatic amines is 1. The van der Waals surface area contributed by atoms with E-state index in [-0.39, 0.29) is 5.97 Å². The van der Waals surface area contributed by atoms with Gasteiger partial charge in [-0.05, 0) is 36.7 Å². The zero-order valence-corrected chi connectivity index (χ0v) is 13.4. The first-order valence-electron chi connectivity index (χ1n) is 7.81. The number of hydrogen-bond acceptors (Lipinski definition) is 3. The summed E-state index contributed by atoms with van der Waals surface area (Å²) in [5.41, 5.74) is 2.31. The Kier molecular flexibility index (Phi) is 5.78. The Hall–Kier alpha value is -2.07. The second-order valence-corrected chi connectivity index (χ2v) is 5.28. The maximum atomic E-state index is 11.4. The number of nitrogens with zero attached hydrogens (tertiary/aromatic N) is 1. The summed E-state index contributed by atoms with van der Waals surface area (Å²) in [6.45, 7) is 10.6. The number of ether oxygens (including phenoxy) is 1. The number of rotatable bonds is 8. The van der Waals surface area contributed by atoms with Crippen LogP contribution in [0.1, 0.15) is 25.8 Å². The molecule has 0 unspecified atom stereocenters. The summed E-state index contributed by atoms with van der Waals surface area (Å²) >= 11 is 0. The monoisotopic (exact) mass is 300 g/mol. The van der Waals surface area contributed by atoms with E-state index in [4.69, 9.17) is 4.74 Å². The van der Waals surface area contributed by atoms with Crippen molar-refractivity contribution in [1.82, 2.24) is 9.88 Å². The zero-order chi connectivity index (χ0) is 15.9. The van der Waals surface area contributed by atoms with Crippen molar-refractivity contribution in [1.29, 1.82) is 0 Å². The van der Waals surface area contributed by atoms with Crippen LogP contribution in [0.25, 0.3) is 10.9 Å². The molecule has 0 bridgehead atoms. The van der Waals surface area contributed by atoms with E-state index >= 15 is 0 Å². The highest BCUT2D eigenvalue weighted by molar-refractivity contribution is 5.85. The van der Waals surface area contributed by atoms with Crippen molar-refractivity contribution in [3.63, 3.8) is 0 Å². The lowest BCUT2D eigenvalue weighted by Gasteiger charge is -2.17. The number of fused-ring (bicyclic) bond motifs is 1. The maximum absolute atomic E-state index is 11.4. The van der Waals surface area contributed by atoms with Crippen molar-refractivity contribution in [3.8, 4) is 5.75 Å². The fourth-order valence-corrected chi connectivity index (χ4v) is 2.47. The van der Waals surface area contributed by atoms with Crippen molar-refractivity contribution >= 4 is 16.9 Å². The van der Waals surface area contributed by atoms with Gasteiger partial charge >= 0.3 is 5.97 Å². The van der Waals surface area contributed by atoms with E-state index in [1.165, 1.54) is 5.56 Å². The van der Waals surface area contributed by atoms with Crippen LogP contribution < -0.4 is 4.74 Å². The molecule has 118 valence electrons. The molecule has 22 heavy (non-hydrogen) atoms. The molecule has 2 aromatic rings. The lowest BCUT2D eigenvalue weighted by Crippen LogP contribution is -2.25. The van der Waals surface area contributed by atoms with Gasteiger partial charge in [-0.2, -0.15) is 0 Å². The number of hydrogen-bond donors (Lipinski definition) is 1. The van der Waals surface area contributed by atoms with Gasteiger partial charge in [0.25, 0.3) is 0 Å². The van der Waals surface area contributed by atoms with E-state index < -0.39 is 0 Å². The number of nitrogens with one attached hydrogen (secondary N) is 1. The second-order valence-electron chi connectivity index (χ2n) is 5.28. The van der Waals surface area contributed by atoms with Crippen LogP contribution in [-0.2, 0) is 11.2 Å². The number of benzene rings is 1. The van der Waals surface area contributed by atoms with Crippen molar-refractivity contribution < 1.29 is 9.53 Å². The molecule has 0 radical (unpaired) electrons. The van der Waals surface area contributed by atoms with Crippen molar-refractivity contribution in [2.75, 3.05) is 19.6 Å². The zero-order valence-electron chi connectivity index (χ0n) is 13.4. The predicted octanol–water partition coefficient (Wildman–Crippen LogP) is 3.53. The van der Waals surface area contributed by atoms with Gasteiger partial charge in [0.15, 0.2) is 0 Å². The van der Waals surface area contributed by atoms with Crippen LogP contribution in [0.2, 0.25) is 0 Å². The smallest absolute Gasteiger partial charge is 0.310 e. The molecule has 1 heterocycles. The summed E-state index contributed by atoms with van der Waals surface area (Å²) in [4.78, 5) is 17.0. The fraction of sp³-hybridized carbons (Fsp3) is 0.389. The summed E-state index contributed by atoms with van der Waals surface area (Å²) in [7, 11) is 0. The maximum Gasteiger partial charge on any atom is 0.310 e. The minimum atomic E-state index is -0.209. The van der Waals surface area contributed by atoms with Crippen molar-refractivity contribution in [2.45, 2.75) is 26.7 Å². The molecule has 0 saturated heterocycles. The Labute approximate surface area is 131 Å². The van der Waals surface area contributed by atoms with Crippen LogP contribution in [0.5, 0.6) is 5.75 Å². The molecule has 0 amide bonds. The van der Waals surface area contributed by atoms with Crippen molar-refractivity contribution in [2.24, 2.45) is 0 Å². The van der Waals surface area contributed by atoms with Crippen LogP contribution in [0.3, 0.4) is 0 Å². The van der Waals surface area contributed by atoms with E-state index in [9.17, 15) is 4.79 Å². The molecule has 4 heteroatoms. The molecule has 0 spiro atoms. The number of carbonyl (C=O) groups is 1. The lowest BCUT2D eigenvalue weighted by atomic mass is 10.1. The van der Waals surface area contributed by atoms with Crippen LogP contribution in [0.4, 0.5) is 0 Å². The van der Waals surface area contributed by atoms with Gasteiger partial charge in [0, 0.05) is 36.6 Å². The lowest BCUT2D eigenvalue weighted by molar-refractivity contribution is -0.134. The largest absolute Gasteiger partial charge is 0.427 e. The van der Waals surface area contributed by atoms with E-state index in [0.29, 0.717) is 12.2 Å². The standard InChI is InChI=1S/C18H24N2O2/c1-4-10-20(6-3)11-9-14-13-19-17-8-7-15(12-16(14)17)22-18(21)5-2/h4,7-8,12-13,19H,1,5-6,9-11H2,2-3H3. The molecule has 0 saturated carbocycles. The van der Waals surface area contributed by atoms with Gasteiger partial charge < -0.3 is 9.72 Å². The van der Waals surface area contributed by atoms with Gasteiger partial charge in [0.2, 0.25) is 0 Å². The van der Waals surface area contributed by atoms with Crippen LogP contribution in [0, 0.1) is 0 Å². The average molecular weight is 300 g/mol. The molecule has 1 aromatic carbocycles. The summed E-state index contributed by atoms with van der Waals surface area (Å²) in [6, 6.07) is 5.73. The predicted molar refractivity (Wildman–Crippen MR) is 90.2 cm³/mol. The number of H-pyrrole nitrogens is 1. The van der Waals surface area contributed by atoms with Gasteiger partial charge in [-0.3, -0.25) is 9.69 Å². The Morgan fingerprint density at radius 1 is 1.41 bits per heavy atom. The highest BCUT2D eigenvalue weighted by Gasteiger charge is 2.09. The first kappa shape index (κ1) is 16.3. The number of likely N-dealkylation sites (N-methyl/N-ethyl adjacent to an activating group) is 1. The van der Waals surface area contributed by atoms with Gasteiger partial charge in [-0.15, -0.1) is 6.58 Å². The quantitative estimate of drug-likeness (QED) is 0.461. The molecule has 0 atom stereocenters. The SMILES string of the molecule is C=CCN(CC)CCc1c[nH]c2ccc(OC(=O)CC)cc12.